The van der Waals surface area contributed by atoms with Gasteiger partial charge in [0, 0.05) is 0 Å². The Morgan fingerprint density at radius 1 is 1.13 bits per heavy atom. The summed E-state index contributed by atoms with van der Waals surface area (Å²) in [6, 6.07) is 0. The van der Waals surface area contributed by atoms with Gasteiger partial charge in [0.25, 0.3) is 0 Å². The minimum absolute atomic E-state index is 0.639. The van der Waals surface area contributed by atoms with Crippen LogP contribution in [0.15, 0.2) is 0 Å². The highest BCUT2D eigenvalue weighted by Gasteiger charge is 2.40. The molecule has 0 bridgehead atoms. The van der Waals surface area contributed by atoms with E-state index in [1.165, 1.54) is 32.1 Å². The van der Waals surface area contributed by atoms with Crippen LogP contribution in [0.25, 0.3) is 0 Å². The predicted molar refractivity (Wildman–Crippen MR) is 66.8 cm³/mol. The van der Waals surface area contributed by atoms with Gasteiger partial charge in [0.1, 0.15) is 0 Å². The number of rotatable bonds is 1. The van der Waals surface area contributed by atoms with E-state index in [2.05, 4.69) is 27.7 Å². The Kier molecular flexibility index (Phi) is 3.14. The number of hydrogen-bond acceptors (Lipinski definition) is 0. The Balaban J connectivity index is 2.01. The summed E-state index contributed by atoms with van der Waals surface area (Å²) in [5.41, 5.74) is 0.639. The molecule has 15 heavy (non-hydrogen) atoms. The smallest absolute Gasteiger partial charge is 0.0351 e. The monoisotopic (exact) mass is 208 g/mol. The lowest BCUT2D eigenvalue weighted by atomic mass is 9.58. The molecular formula is C15H28. The van der Waals surface area contributed by atoms with Crippen LogP contribution in [-0.4, -0.2) is 0 Å². The van der Waals surface area contributed by atoms with Crippen molar-refractivity contribution in [3.63, 3.8) is 0 Å². The Labute approximate surface area is 95.8 Å². The van der Waals surface area contributed by atoms with Crippen molar-refractivity contribution in [3.8, 4) is 0 Å². The molecule has 88 valence electrons. The van der Waals surface area contributed by atoms with Crippen LogP contribution in [0.2, 0.25) is 0 Å². The Morgan fingerprint density at radius 3 is 2.53 bits per heavy atom. The van der Waals surface area contributed by atoms with Crippen molar-refractivity contribution in [2.24, 2.45) is 29.1 Å². The van der Waals surface area contributed by atoms with E-state index in [0.717, 1.165) is 23.7 Å². The molecule has 0 aliphatic heterocycles. The van der Waals surface area contributed by atoms with Crippen LogP contribution in [-0.2, 0) is 0 Å². The van der Waals surface area contributed by atoms with E-state index in [1.807, 2.05) is 0 Å². The van der Waals surface area contributed by atoms with Gasteiger partial charge < -0.3 is 0 Å². The summed E-state index contributed by atoms with van der Waals surface area (Å²) in [5, 5.41) is 0. The SMILES string of the molecule is CCC1CC2CCC(C)(C)CC2CC1C. The molecule has 0 heterocycles. The van der Waals surface area contributed by atoms with E-state index in [0.29, 0.717) is 5.41 Å². The van der Waals surface area contributed by atoms with Crippen molar-refractivity contribution < 1.29 is 0 Å². The van der Waals surface area contributed by atoms with Gasteiger partial charge in [0.2, 0.25) is 0 Å². The van der Waals surface area contributed by atoms with Gasteiger partial charge in [0.15, 0.2) is 0 Å². The quantitative estimate of drug-likeness (QED) is 0.576. The summed E-state index contributed by atoms with van der Waals surface area (Å²) in [4.78, 5) is 0. The van der Waals surface area contributed by atoms with E-state index in [-0.39, 0.29) is 0 Å². The van der Waals surface area contributed by atoms with Crippen molar-refractivity contribution in [2.75, 3.05) is 0 Å². The molecule has 0 aromatic carbocycles. The molecule has 0 aromatic rings. The van der Waals surface area contributed by atoms with Crippen LogP contribution in [0.4, 0.5) is 0 Å². The normalized spacial score (nSPS) is 44.8. The van der Waals surface area contributed by atoms with Crippen molar-refractivity contribution in [2.45, 2.75) is 66.2 Å². The molecule has 4 unspecified atom stereocenters. The zero-order valence-corrected chi connectivity index (χ0v) is 11.1. The Morgan fingerprint density at radius 2 is 1.87 bits per heavy atom. The maximum atomic E-state index is 2.49. The van der Waals surface area contributed by atoms with Crippen LogP contribution >= 0.6 is 0 Å². The number of hydrogen-bond donors (Lipinski definition) is 0. The molecule has 2 aliphatic rings. The minimum Gasteiger partial charge on any atom is -0.0651 e. The molecule has 0 radical (unpaired) electrons. The van der Waals surface area contributed by atoms with Crippen molar-refractivity contribution in [3.05, 3.63) is 0 Å². The second-order valence-electron chi connectivity index (χ2n) is 7.04. The first-order valence-corrected chi connectivity index (χ1v) is 7.02. The molecule has 2 aliphatic carbocycles. The molecule has 2 saturated carbocycles. The Hall–Kier alpha value is 0. The largest absolute Gasteiger partial charge is 0.0651 e. The van der Waals surface area contributed by atoms with Gasteiger partial charge in [-0.1, -0.05) is 34.1 Å². The topological polar surface area (TPSA) is 0 Å². The molecule has 2 fully saturated rings. The first-order valence-electron chi connectivity index (χ1n) is 7.02. The molecule has 0 nitrogen and oxygen atoms in total. The molecule has 0 spiro atoms. The zero-order valence-electron chi connectivity index (χ0n) is 11.1. The highest BCUT2D eigenvalue weighted by molar-refractivity contribution is 4.91. The van der Waals surface area contributed by atoms with Crippen LogP contribution in [0, 0.1) is 29.1 Å². The average molecular weight is 208 g/mol. The third kappa shape index (κ3) is 2.40. The van der Waals surface area contributed by atoms with Crippen molar-refractivity contribution >= 4 is 0 Å². The van der Waals surface area contributed by atoms with Crippen LogP contribution < -0.4 is 0 Å². The molecule has 0 aromatic heterocycles. The second-order valence-corrected chi connectivity index (χ2v) is 7.04. The van der Waals surface area contributed by atoms with Gasteiger partial charge >= 0.3 is 0 Å². The second kappa shape index (κ2) is 4.11. The van der Waals surface area contributed by atoms with E-state index in [1.54, 1.807) is 6.42 Å². The fraction of sp³-hybridized carbons (Fsp3) is 1.00. The maximum Gasteiger partial charge on any atom is -0.0351 e. The zero-order chi connectivity index (χ0) is 11.1. The van der Waals surface area contributed by atoms with Crippen molar-refractivity contribution in [1.29, 1.82) is 0 Å². The minimum atomic E-state index is 0.639. The average Bonchev–Trinajstić information content (AvgIpc) is 2.15. The van der Waals surface area contributed by atoms with Gasteiger partial charge in [-0.15, -0.1) is 0 Å². The molecule has 0 heteroatoms. The summed E-state index contributed by atoms with van der Waals surface area (Å²) in [7, 11) is 0. The fourth-order valence-corrected chi connectivity index (χ4v) is 4.24. The summed E-state index contributed by atoms with van der Waals surface area (Å²) < 4.78 is 0. The summed E-state index contributed by atoms with van der Waals surface area (Å²) in [6.45, 7) is 9.82. The van der Waals surface area contributed by atoms with Crippen LogP contribution in [0.3, 0.4) is 0 Å². The highest BCUT2D eigenvalue weighted by atomic mass is 14.5. The van der Waals surface area contributed by atoms with Gasteiger partial charge in [-0.2, -0.15) is 0 Å². The van der Waals surface area contributed by atoms with E-state index in [4.69, 9.17) is 0 Å². The number of fused-ring (bicyclic) bond motifs is 1. The third-order valence-corrected chi connectivity index (χ3v) is 5.28. The van der Waals surface area contributed by atoms with E-state index < -0.39 is 0 Å². The highest BCUT2D eigenvalue weighted by Crippen LogP contribution is 2.51. The van der Waals surface area contributed by atoms with Gasteiger partial charge in [-0.25, -0.2) is 0 Å². The molecule has 0 amide bonds. The third-order valence-electron chi connectivity index (χ3n) is 5.28. The molecule has 2 rings (SSSR count). The maximum absolute atomic E-state index is 2.49. The summed E-state index contributed by atoms with van der Waals surface area (Å²) in [5.74, 6) is 4.17. The first kappa shape index (κ1) is 11.5. The van der Waals surface area contributed by atoms with Crippen LogP contribution in [0.1, 0.15) is 66.2 Å². The Bertz CT molecular complexity index is 216. The van der Waals surface area contributed by atoms with Crippen LogP contribution in [0.5, 0.6) is 0 Å². The lowest BCUT2D eigenvalue weighted by Gasteiger charge is -2.47. The van der Waals surface area contributed by atoms with Gasteiger partial charge in [-0.05, 0) is 61.2 Å². The fourth-order valence-electron chi connectivity index (χ4n) is 4.24. The van der Waals surface area contributed by atoms with Crippen molar-refractivity contribution in [1.82, 2.24) is 0 Å². The lowest BCUT2D eigenvalue weighted by Crippen LogP contribution is -2.37. The predicted octanol–water partition coefficient (Wildman–Crippen LogP) is 4.89. The summed E-state index contributed by atoms with van der Waals surface area (Å²) in [6.07, 6.45) is 8.96. The van der Waals surface area contributed by atoms with E-state index >= 15 is 0 Å². The van der Waals surface area contributed by atoms with E-state index in [9.17, 15) is 0 Å². The van der Waals surface area contributed by atoms with Gasteiger partial charge in [-0.3, -0.25) is 0 Å². The molecular weight excluding hydrogens is 180 g/mol. The first-order chi connectivity index (χ1) is 7.02. The standard InChI is InChI=1S/C15H28/c1-5-12-9-13-6-7-15(3,4)10-14(13)8-11(12)2/h11-14H,5-10H2,1-4H3. The molecule has 0 N–H and O–H groups in total. The summed E-state index contributed by atoms with van der Waals surface area (Å²) >= 11 is 0. The lowest BCUT2D eigenvalue weighted by molar-refractivity contribution is 0.0328. The molecule has 0 saturated heterocycles. The van der Waals surface area contributed by atoms with Gasteiger partial charge in [0.05, 0.1) is 0 Å². The molecule has 4 atom stereocenters.